The molecule has 2 aromatic carbocycles. The highest BCUT2D eigenvalue weighted by Gasteiger charge is 2.15. The number of carbonyl (C=O) groups is 1. The lowest BCUT2D eigenvalue weighted by Gasteiger charge is -2.13. The van der Waals surface area contributed by atoms with Gasteiger partial charge in [-0.3, -0.25) is 4.79 Å². The van der Waals surface area contributed by atoms with E-state index in [0.717, 1.165) is 6.42 Å². The third kappa shape index (κ3) is 4.56. The first-order valence-corrected chi connectivity index (χ1v) is 7.79. The third-order valence-corrected chi connectivity index (χ3v) is 4.53. The fraction of sp³-hybridized carbons (Fsp3) is 0.188. The molecule has 1 amide bonds. The number of hydrogen-bond acceptors (Lipinski definition) is 2. The summed E-state index contributed by atoms with van der Waals surface area (Å²) in [6, 6.07) is 14.7. The summed E-state index contributed by atoms with van der Waals surface area (Å²) in [5.41, 5.74) is 7.74. The van der Waals surface area contributed by atoms with Crippen molar-refractivity contribution in [1.82, 2.24) is 0 Å². The van der Waals surface area contributed by atoms with Gasteiger partial charge >= 0.3 is 0 Å². The van der Waals surface area contributed by atoms with E-state index >= 15 is 0 Å². The van der Waals surface area contributed by atoms with E-state index in [0.29, 0.717) is 21.6 Å². The van der Waals surface area contributed by atoms with Gasteiger partial charge in [-0.1, -0.05) is 48.0 Å². The Labute approximate surface area is 137 Å². The smallest absolute Gasteiger partial charge is 0.241 e. The molecule has 3 N–H and O–H groups in total. The normalized spacial score (nSPS) is 12.0. The van der Waals surface area contributed by atoms with Crippen LogP contribution in [0, 0.1) is 0 Å². The van der Waals surface area contributed by atoms with Gasteiger partial charge in [0.05, 0.1) is 21.2 Å². The van der Waals surface area contributed by atoms with Gasteiger partial charge in [-0.15, -0.1) is 0 Å². The summed E-state index contributed by atoms with van der Waals surface area (Å²) in [5, 5.41) is 3.34. The Hall–Kier alpha value is -1.36. The van der Waals surface area contributed by atoms with Crippen LogP contribution in [0.3, 0.4) is 0 Å². The molecule has 5 heteroatoms. The van der Waals surface area contributed by atoms with E-state index in [1.54, 1.807) is 18.2 Å². The minimum atomic E-state index is -0.559. The minimum Gasteiger partial charge on any atom is -0.324 e. The zero-order valence-corrected chi connectivity index (χ0v) is 13.7. The Morgan fingerprint density at radius 2 is 1.90 bits per heavy atom. The van der Waals surface area contributed by atoms with Crippen molar-refractivity contribution in [1.29, 1.82) is 0 Å². The Morgan fingerprint density at radius 1 is 1.19 bits per heavy atom. The van der Waals surface area contributed by atoms with Gasteiger partial charge in [0.25, 0.3) is 0 Å². The lowest BCUT2D eigenvalue weighted by atomic mass is 10.1. The van der Waals surface area contributed by atoms with Crippen molar-refractivity contribution in [3.8, 4) is 0 Å². The average molecular weight is 368 g/mol. The highest BCUT2D eigenvalue weighted by Crippen LogP contribution is 2.30. The molecule has 0 aromatic heterocycles. The molecule has 0 radical (unpaired) electrons. The van der Waals surface area contributed by atoms with Crippen molar-refractivity contribution in [3.63, 3.8) is 0 Å². The number of hydrogen-bond donors (Lipinski definition) is 2. The molecule has 21 heavy (non-hydrogen) atoms. The van der Waals surface area contributed by atoms with Crippen LogP contribution in [0.25, 0.3) is 0 Å². The lowest BCUT2D eigenvalue weighted by molar-refractivity contribution is -0.117. The van der Waals surface area contributed by atoms with E-state index in [9.17, 15) is 4.79 Å². The second-order valence-electron chi connectivity index (χ2n) is 4.72. The van der Waals surface area contributed by atoms with Gasteiger partial charge in [-0.05, 0) is 46.5 Å². The molecule has 0 spiro atoms. The second-order valence-corrected chi connectivity index (χ2v) is 5.92. The van der Waals surface area contributed by atoms with Crippen molar-refractivity contribution < 1.29 is 4.79 Å². The van der Waals surface area contributed by atoms with Crippen molar-refractivity contribution in [2.45, 2.75) is 18.9 Å². The topological polar surface area (TPSA) is 55.1 Å². The maximum atomic E-state index is 12.1. The summed E-state index contributed by atoms with van der Waals surface area (Å²) in [6.45, 7) is 0. The SMILES string of the molecule is NC(CCc1ccccc1)C(=O)Nc1cccc(Cl)c1Br. The number of aryl methyl sites for hydroxylation is 1. The van der Waals surface area contributed by atoms with Crippen LogP contribution in [0.4, 0.5) is 5.69 Å². The summed E-state index contributed by atoms with van der Waals surface area (Å²) >= 11 is 9.33. The lowest BCUT2D eigenvalue weighted by Crippen LogP contribution is -2.36. The van der Waals surface area contributed by atoms with E-state index in [2.05, 4.69) is 21.2 Å². The zero-order chi connectivity index (χ0) is 15.2. The van der Waals surface area contributed by atoms with Gasteiger partial charge in [-0.2, -0.15) is 0 Å². The maximum Gasteiger partial charge on any atom is 0.241 e. The summed E-state index contributed by atoms with van der Waals surface area (Å²) < 4.78 is 0.662. The number of anilines is 1. The first-order valence-electron chi connectivity index (χ1n) is 6.62. The number of benzene rings is 2. The minimum absolute atomic E-state index is 0.214. The molecular weight excluding hydrogens is 352 g/mol. The van der Waals surface area contributed by atoms with Crippen molar-refractivity contribution >= 4 is 39.1 Å². The van der Waals surface area contributed by atoms with Crippen LogP contribution in [-0.4, -0.2) is 11.9 Å². The Morgan fingerprint density at radius 3 is 2.62 bits per heavy atom. The van der Waals surface area contributed by atoms with Crippen molar-refractivity contribution in [2.75, 3.05) is 5.32 Å². The number of amides is 1. The molecule has 2 aromatic rings. The van der Waals surface area contributed by atoms with Crippen LogP contribution in [0.15, 0.2) is 53.0 Å². The van der Waals surface area contributed by atoms with Gasteiger partial charge in [0.1, 0.15) is 0 Å². The van der Waals surface area contributed by atoms with Crippen LogP contribution in [0.5, 0.6) is 0 Å². The predicted octanol–water partition coefficient (Wildman–Crippen LogP) is 4.00. The van der Waals surface area contributed by atoms with Gasteiger partial charge in [0.2, 0.25) is 5.91 Å². The van der Waals surface area contributed by atoms with Gasteiger partial charge in [-0.25, -0.2) is 0 Å². The molecule has 110 valence electrons. The van der Waals surface area contributed by atoms with Crippen molar-refractivity contribution in [3.05, 3.63) is 63.6 Å². The van der Waals surface area contributed by atoms with E-state index in [1.807, 2.05) is 30.3 Å². The third-order valence-electron chi connectivity index (χ3n) is 3.13. The van der Waals surface area contributed by atoms with Crippen LogP contribution < -0.4 is 11.1 Å². The fourth-order valence-electron chi connectivity index (χ4n) is 1.92. The Kier molecular flexibility index (Phi) is 5.79. The Bertz CT molecular complexity index is 619. The molecule has 0 aliphatic rings. The van der Waals surface area contributed by atoms with E-state index < -0.39 is 6.04 Å². The standard InChI is InChI=1S/C16H16BrClN2O/c17-15-12(18)7-4-8-14(15)20-16(21)13(19)10-9-11-5-2-1-3-6-11/h1-8,13H,9-10,19H2,(H,20,21). The van der Waals surface area contributed by atoms with Crippen LogP contribution in [0.2, 0.25) is 5.02 Å². The van der Waals surface area contributed by atoms with Crippen LogP contribution in [-0.2, 0) is 11.2 Å². The van der Waals surface area contributed by atoms with Gasteiger partial charge in [0.15, 0.2) is 0 Å². The first-order chi connectivity index (χ1) is 10.1. The number of nitrogens with two attached hydrogens (primary N) is 1. The molecular formula is C16H16BrClN2O. The molecule has 0 heterocycles. The van der Waals surface area contributed by atoms with Crippen molar-refractivity contribution in [2.24, 2.45) is 5.73 Å². The summed E-state index contributed by atoms with van der Waals surface area (Å²) in [5.74, 6) is -0.214. The molecule has 1 unspecified atom stereocenters. The summed E-state index contributed by atoms with van der Waals surface area (Å²) in [4.78, 5) is 12.1. The average Bonchev–Trinajstić information content (AvgIpc) is 2.50. The van der Waals surface area contributed by atoms with Crippen LogP contribution in [0.1, 0.15) is 12.0 Å². The number of nitrogens with one attached hydrogen (secondary N) is 1. The highest BCUT2D eigenvalue weighted by atomic mass is 79.9. The molecule has 0 aliphatic heterocycles. The van der Waals surface area contributed by atoms with E-state index in [4.69, 9.17) is 17.3 Å². The highest BCUT2D eigenvalue weighted by molar-refractivity contribution is 9.10. The molecule has 0 saturated carbocycles. The molecule has 2 rings (SSSR count). The predicted molar refractivity (Wildman–Crippen MR) is 90.5 cm³/mol. The van der Waals surface area contributed by atoms with E-state index in [1.165, 1.54) is 5.56 Å². The molecule has 0 fully saturated rings. The second kappa shape index (κ2) is 7.59. The zero-order valence-electron chi connectivity index (χ0n) is 11.4. The monoisotopic (exact) mass is 366 g/mol. The summed E-state index contributed by atoms with van der Waals surface area (Å²) in [7, 11) is 0. The number of halogens is 2. The number of rotatable bonds is 5. The molecule has 3 nitrogen and oxygen atoms in total. The molecule has 0 saturated heterocycles. The fourth-order valence-corrected chi connectivity index (χ4v) is 2.46. The first kappa shape index (κ1) is 16.0. The maximum absolute atomic E-state index is 12.1. The summed E-state index contributed by atoms with van der Waals surface area (Å²) in [6.07, 6.45) is 1.36. The quantitative estimate of drug-likeness (QED) is 0.839. The largest absolute Gasteiger partial charge is 0.324 e. The van der Waals surface area contributed by atoms with Gasteiger partial charge in [0, 0.05) is 0 Å². The molecule has 0 aliphatic carbocycles. The van der Waals surface area contributed by atoms with Gasteiger partial charge < -0.3 is 11.1 Å². The van der Waals surface area contributed by atoms with E-state index in [-0.39, 0.29) is 5.91 Å². The number of carbonyl (C=O) groups excluding carboxylic acids is 1. The molecule has 1 atom stereocenters. The van der Waals surface area contributed by atoms with Crippen LogP contribution >= 0.6 is 27.5 Å². The molecule has 0 bridgehead atoms. The Balaban J connectivity index is 1.92.